The SMILES string of the molecule is Nc1ccc(CNc2ncc(F)cn2)cn1. The molecule has 0 spiro atoms. The molecule has 2 aromatic rings. The standard InChI is InChI=1S/C10H10FN5/c11-8-5-15-10(16-6-8)14-4-7-1-2-9(12)13-3-7/h1-3,5-6H,4H2,(H2,12,13)(H,14,15,16). The van der Waals surface area contributed by atoms with Crippen molar-refractivity contribution in [2.45, 2.75) is 6.54 Å². The highest BCUT2D eigenvalue weighted by Gasteiger charge is 1.97. The van der Waals surface area contributed by atoms with Gasteiger partial charge in [0.1, 0.15) is 5.82 Å². The Kier molecular flexibility index (Phi) is 2.90. The summed E-state index contributed by atoms with van der Waals surface area (Å²) in [5.41, 5.74) is 6.40. The molecule has 0 aliphatic carbocycles. The average Bonchev–Trinajstić information content (AvgIpc) is 2.30. The fraction of sp³-hybridized carbons (Fsp3) is 0.100. The van der Waals surface area contributed by atoms with Crippen molar-refractivity contribution in [1.82, 2.24) is 15.0 Å². The highest BCUT2D eigenvalue weighted by atomic mass is 19.1. The van der Waals surface area contributed by atoms with Crippen molar-refractivity contribution in [2.24, 2.45) is 0 Å². The van der Waals surface area contributed by atoms with Crippen molar-refractivity contribution in [2.75, 3.05) is 11.1 Å². The molecule has 0 aromatic carbocycles. The molecule has 0 aliphatic rings. The lowest BCUT2D eigenvalue weighted by molar-refractivity contribution is 0.614. The predicted molar refractivity (Wildman–Crippen MR) is 58.0 cm³/mol. The van der Waals surface area contributed by atoms with Crippen LogP contribution in [0.5, 0.6) is 0 Å². The first-order valence-corrected chi connectivity index (χ1v) is 4.66. The molecule has 0 amide bonds. The van der Waals surface area contributed by atoms with Gasteiger partial charge in [0.15, 0.2) is 5.82 Å². The number of hydrogen-bond acceptors (Lipinski definition) is 5. The lowest BCUT2D eigenvalue weighted by Crippen LogP contribution is -2.04. The largest absolute Gasteiger partial charge is 0.384 e. The molecule has 2 aromatic heterocycles. The lowest BCUT2D eigenvalue weighted by atomic mass is 10.3. The Morgan fingerprint density at radius 1 is 1.12 bits per heavy atom. The van der Waals surface area contributed by atoms with Gasteiger partial charge < -0.3 is 11.1 Å². The lowest BCUT2D eigenvalue weighted by Gasteiger charge is -2.03. The Morgan fingerprint density at radius 2 is 1.88 bits per heavy atom. The Bertz CT molecular complexity index is 408. The maximum atomic E-state index is 12.5. The fourth-order valence-electron chi connectivity index (χ4n) is 1.13. The molecule has 0 saturated carbocycles. The van der Waals surface area contributed by atoms with Crippen LogP contribution in [0, 0.1) is 5.82 Å². The second-order valence-corrected chi connectivity index (χ2v) is 3.17. The average molecular weight is 219 g/mol. The minimum Gasteiger partial charge on any atom is -0.384 e. The van der Waals surface area contributed by atoms with Gasteiger partial charge in [0.05, 0.1) is 12.4 Å². The van der Waals surface area contributed by atoms with E-state index in [0.717, 1.165) is 18.0 Å². The maximum Gasteiger partial charge on any atom is 0.223 e. The van der Waals surface area contributed by atoms with Gasteiger partial charge in [-0.2, -0.15) is 0 Å². The molecule has 0 aliphatic heterocycles. The zero-order valence-electron chi connectivity index (χ0n) is 8.39. The maximum absolute atomic E-state index is 12.5. The first-order chi connectivity index (χ1) is 7.74. The Balaban J connectivity index is 1.97. The second-order valence-electron chi connectivity index (χ2n) is 3.17. The molecular weight excluding hydrogens is 209 g/mol. The monoisotopic (exact) mass is 219 g/mol. The molecule has 0 bridgehead atoms. The van der Waals surface area contributed by atoms with E-state index in [2.05, 4.69) is 20.3 Å². The summed E-state index contributed by atoms with van der Waals surface area (Å²) in [7, 11) is 0. The molecule has 5 nitrogen and oxygen atoms in total. The summed E-state index contributed by atoms with van der Waals surface area (Å²) in [6.07, 6.45) is 3.87. The summed E-state index contributed by atoms with van der Waals surface area (Å²) < 4.78 is 12.5. The van der Waals surface area contributed by atoms with E-state index in [-0.39, 0.29) is 0 Å². The highest BCUT2D eigenvalue weighted by molar-refractivity contribution is 5.31. The van der Waals surface area contributed by atoms with Crippen LogP contribution < -0.4 is 11.1 Å². The van der Waals surface area contributed by atoms with E-state index in [1.165, 1.54) is 0 Å². The summed E-state index contributed by atoms with van der Waals surface area (Å²) >= 11 is 0. The minimum absolute atomic E-state index is 0.373. The van der Waals surface area contributed by atoms with Crippen molar-refractivity contribution in [3.8, 4) is 0 Å². The molecule has 16 heavy (non-hydrogen) atoms. The summed E-state index contributed by atoms with van der Waals surface area (Å²) in [6.45, 7) is 0.513. The van der Waals surface area contributed by atoms with Crippen LogP contribution in [0.4, 0.5) is 16.2 Å². The van der Waals surface area contributed by atoms with Gasteiger partial charge in [0.25, 0.3) is 0 Å². The van der Waals surface area contributed by atoms with Crippen molar-refractivity contribution in [3.05, 3.63) is 42.1 Å². The summed E-state index contributed by atoms with van der Waals surface area (Å²) in [5.74, 6) is 0.389. The van der Waals surface area contributed by atoms with Crippen LogP contribution in [-0.2, 0) is 6.54 Å². The van der Waals surface area contributed by atoms with Crippen LogP contribution in [-0.4, -0.2) is 15.0 Å². The van der Waals surface area contributed by atoms with Crippen LogP contribution >= 0.6 is 0 Å². The predicted octanol–water partition coefficient (Wildman–Crippen LogP) is 1.20. The molecule has 2 rings (SSSR count). The zero-order valence-corrected chi connectivity index (χ0v) is 8.39. The van der Waals surface area contributed by atoms with Gasteiger partial charge in [-0.3, -0.25) is 0 Å². The van der Waals surface area contributed by atoms with E-state index in [4.69, 9.17) is 5.73 Å². The second kappa shape index (κ2) is 4.52. The molecule has 0 atom stereocenters. The quantitative estimate of drug-likeness (QED) is 0.811. The molecule has 82 valence electrons. The number of hydrogen-bond donors (Lipinski definition) is 2. The van der Waals surface area contributed by atoms with Crippen LogP contribution in [0.3, 0.4) is 0 Å². The molecule has 6 heteroatoms. The number of nitrogens with one attached hydrogen (secondary N) is 1. The van der Waals surface area contributed by atoms with Crippen LogP contribution in [0.25, 0.3) is 0 Å². The highest BCUT2D eigenvalue weighted by Crippen LogP contribution is 2.04. The van der Waals surface area contributed by atoms with Crippen molar-refractivity contribution >= 4 is 11.8 Å². The Morgan fingerprint density at radius 3 is 2.50 bits per heavy atom. The fourth-order valence-corrected chi connectivity index (χ4v) is 1.13. The van der Waals surface area contributed by atoms with Crippen LogP contribution in [0.2, 0.25) is 0 Å². The van der Waals surface area contributed by atoms with E-state index >= 15 is 0 Å². The molecule has 3 N–H and O–H groups in total. The van der Waals surface area contributed by atoms with E-state index < -0.39 is 5.82 Å². The van der Waals surface area contributed by atoms with Crippen molar-refractivity contribution < 1.29 is 4.39 Å². The van der Waals surface area contributed by atoms with Gasteiger partial charge in [-0.1, -0.05) is 6.07 Å². The van der Waals surface area contributed by atoms with E-state index in [0.29, 0.717) is 18.3 Å². The van der Waals surface area contributed by atoms with Gasteiger partial charge in [-0.05, 0) is 11.6 Å². The van der Waals surface area contributed by atoms with E-state index in [1.54, 1.807) is 12.3 Å². The van der Waals surface area contributed by atoms with Crippen molar-refractivity contribution in [1.29, 1.82) is 0 Å². The Hall–Kier alpha value is -2.24. The third kappa shape index (κ3) is 2.63. The van der Waals surface area contributed by atoms with Gasteiger partial charge in [0, 0.05) is 12.7 Å². The third-order valence-electron chi connectivity index (χ3n) is 1.92. The molecular formula is C10H10FN5. The molecule has 0 saturated heterocycles. The number of nitrogens with two attached hydrogens (primary N) is 1. The Labute approximate surface area is 91.6 Å². The first kappa shape index (κ1) is 10.3. The molecule has 0 fully saturated rings. The van der Waals surface area contributed by atoms with Gasteiger partial charge in [-0.25, -0.2) is 19.3 Å². The number of nitrogen functional groups attached to an aromatic ring is 1. The number of halogens is 1. The topological polar surface area (TPSA) is 76.7 Å². The number of anilines is 2. The van der Waals surface area contributed by atoms with Gasteiger partial charge >= 0.3 is 0 Å². The number of rotatable bonds is 3. The van der Waals surface area contributed by atoms with E-state index in [1.807, 2.05) is 6.07 Å². The summed E-state index contributed by atoms with van der Waals surface area (Å²) in [5, 5.41) is 2.94. The molecule has 0 unspecified atom stereocenters. The molecule has 2 heterocycles. The van der Waals surface area contributed by atoms with E-state index in [9.17, 15) is 4.39 Å². The zero-order chi connectivity index (χ0) is 11.4. The number of aromatic nitrogens is 3. The van der Waals surface area contributed by atoms with Crippen molar-refractivity contribution in [3.63, 3.8) is 0 Å². The number of nitrogens with zero attached hydrogens (tertiary/aromatic N) is 3. The molecule has 0 radical (unpaired) electrons. The smallest absolute Gasteiger partial charge is 0.223 e. The third-order valence-corrected chi connectivity index (χ3v) is 1.92. The number of pyridine rings is 1. The van der Waals surface area contributed by atoms with Gasteiger partial charge in [-0.15, -0.1) is 0 Å². The summed E-state index contributed by atoms with van der Waals surface area (Å²) in [6, 6.07) is 3.56. The van der Waals surface area contributed by atoms with Gasteiger partial charge in [0.2, 0.25) is 5.95 Å². The summed E-state index contributed by atoms with van der Waals surface area (Å²) in [4.78, 5) is 11.5. The van der Waals surface area contributed by atoms with Crippen LogP contribution in [0.1, 0.15) is 5.56 Å². The minimum atomic E-state index is -0.459. The first-order valence-electron chi connectivity index (χ1n) is 4.66. The van der Waals surface area contributed by atoms with Crippen LogP contribution in [0.15, 0.2) is 30.7 Å². The normalized spacial score (nSPS) is 10.1.